The van der Waals surface area contributed by atoms with Crippen molar-refractivity contribution in [2.24, 2.45) is 0 Å². The van der Waals surface area contributed by atoms with Gasteiger partial charge in [0.05, 0.1) is 24.9 Å². The molecule has 3 aromatic rings. The van der Waals surface area contributed by atoms with Crippen molar-refractivity contribution in [3.05, 3.63) is 59.3 Å². The zero-order valence-electron chi connectivity index (χ0n) is 14.2. The molecule has 1 aromatic heterocycles. The van der Waals surface area contributed by atoms with Crippen LogP contribution < -0.4 is 20.5 Å². The van der Waals surface area contributed by atoms with Crippen LogP contribution in [0.2, 0.25) is 5.02 Å². The number of furan rings is 1. The Morgan fingerprint density at radius 1 is 1.04 bits per heavy atom. The van der Waals surface area contributed by atoms with Crippen LogP contribution in [-0.2, 0) is 0 Å². The molecule has 0 aliphatic heterocycles. The molecule has 134 valence electrons. The van der Waals surface area contributed by atoms with E-state index in [9.17, 15) is 4.79 Å². The van der Waals surface area contributed by atoms with E-state index in [0.717, 1.165) is 5.56 Å². The Morgan fingerprint density at radius 3 is 2.46 bits per heavy atom. The summed E-state index contributed by atoms with van der Waals surface area (Å²) in [4.78, 5) is 12.5. The number of carbonyl (C=O) groups is 1. The normalized spacial score (nSPS) is 10.4. The molecule has 0 unspecified atom stereocenters. The summed E-state index contributed by atoms with van der Waals surface area (Å²) < 4.78 is 16.0. The smallest absolute Gasteiger partial charge is 0.291 e. The van der Waals surface area contributed by atoms with Gasteiger partial charge in [-0.05, 0) is 48.5 Å². The number of nitrogen functional groups attached to an aromatic ring is 1. The molecule has 0 fully saturated rings. The molecular formula is C19H17ClN2O4. The molecule has 0 aliphatic rings. The largest absolute Gasteiger partial charge is 0.495 e. The van der Waals surface area contributed by atoms with Crippen molar-refractivity contribution in [3.63, 3.8) is 0 Å². The average Bonchev–Trinajstić information content (AvgIpc) is 3.12. The fourth-order valence-corrected chi connectivity index (χ4v) is 2.70. The van der Waals surface area contributed by atoms with Gasteiger partial charge in [0.15, 0.2) is 5.76 Å². The maximum Gasteiger partial charge on any atom is 0.291 e. The van der Waals surface area contributed by atoms with Crippen molar-refractivity contribution < 1.29 is 18.7 Å². The number of carbonyl (C=O) groups excluding carboxylic acids is 1. The minimum atomic E-state index is -0.417. The highest BCUT2D eigenvalue weighted by molar-refractivity contribution is 6.32. The summed E-state index contributed by atoms with van der Waals surface area (Å²) in [6.45, 7) is 0. The van der Waals surface area contributed by atoms with E-state index in [4.69, 9.17) is 31.2 Å². The molecule has 0 atom stereocenters. The predicted octanol–water partition coefficient (Wildman–Crippen LogP) is 4.45. The summed E-state index contributed by atoms with van der Waals surface area (Å²) in [5.74, 6) is 1.31. The van der Waals surface area contributed by atoms with Gasteiger partial charge < -0.3 is 24.9 Å². The van der Waals surface area contributed by atoms with Crippen molar-refractivity contribution in [2.75, 3.05) is 25.3 Å². The molecule has 0 spiro atoms. The summed E-state index contributed by atoms with van der Waals surface area (Å²) in [5, 5.41) is 3.18. The molecule has 0 radical (unpaired) electrons. The Kier molecular flexibility index (Phi) is 5.04. The lowest BCUT2D eigenvalue weighted by Crippen LogP contribution is -2.12. The Balaban J connectivity index is 1.82. The third-order valence-electron chi connectivity index (χ3n) is 3.74. The summed E-state index contributed by atoms with van der Waals surface area (Å²) in [6.07, 6.45) is 0. The highest BCUT2D eigenvalue weighted by Crippen LogP contribution is 2.32. The molecular weight excluding hydrogens is 356 g/mol. The SMILES string of the molecule is COc1ccc(-c2ccc(C(=O)Nc3cc(N)ccc3OC)o2)cc1Cl. The Morgan fingerprint density at radius 2 is 1.77 bits per heavy atom. The van der Waals surface area contributed by atoms with E-state index in [1.165, 1.54) is 7.11 Å². The van der Waals surface area contributed by atoms with Crippen molar-refractivity contribution in [2.45, 2.75) is 0 Å². The third kappa shape index (κ3) is 3.60. The molecule has 3 N–H and O–H groups in total. The number of anilines is 2. The second kappa shape index (κ2) is 7.41. The average molecular weight is 373 g/mol. The second-order valence-corrected chi connectivity index (χ2v) is 5.83. The van der Waals surface area contributed by atoms with Gasteiger partial charge in [0.2, 0.25) is 0 Å². The van der Waals surface area contributed by atoms with Crippen LogP contribution in [0.15, 0.2) is 52.9 Å². The van der Waals surface area contributed by atoms with Crippen molar-refractivity contribution in [3.8, 4) is 22.8 Å². The van der Waals surface area contributed by atoms with Crippen molar-refractivity contribution in [1.29, 1.82) is 0 Å². The molecule has 0 saturated heterocycles. The van der Waals surface area contributed by atoms with E-state index < -0.39 is 5.91 Å². The lowest BCUT2D eigenvalue weighted by atomic mass is 10.2. The number of halogens is 1. The zero-order valence-corrected chi connectivity index (χ0v) is 15.0. The van der Waals surface area contributed by atoms with E-state index in [1.54, 1.807) is 55.6 Å². The fraction of sp³-hybridized carbons (Fsp3) is 0.105. The van der Waals surface area contributed by atoms with E-state index in [1.807, 2.05) is 0 Å². The van der Waals surface area contributed by atoms with E-state index in [0.29, 0.717) is 33.7 Å². The minimum Gasteiger partial charge on any atom is -0.495 e. The van der Waals surface area contributed by atoms with Crippen LogP contribution in [0.3, 0.4) is 0 Å². The van der Waals surface area contributed by atoms with Crippen LogP contribution in [0.5, 0.6) is 11.5 Å². The topological polar surface area (TPSA) is 86.7 Å². The van der Waals surface area contributed by atoms with Crippen LogP contribution in [0.4, 0.5) is 11.4 Å². The highest BCUT2D eigenvalue weighted by atomic mass is 35.5. The summed E-state index contributed by atoms with van der Waals surface area (Å²) in [5.41, 5.74) is 7.46. The second-order valence-electron chi connectivity index (χ2n) is 5.43. The number of ether oxygens (including phenoxy) is 2. The number of rotatable bonds is 5. The first-order valence-electron chi connectivity index (χ1n) is 7.70. The van der Waals surface area contributed by atoms with Gasteiger partial charge in [-0.1, -0.05) is 11.6 Å². The van der Waals surface area contributed by atoms with Crippen molar-refractivity contribution in [1.82, 2.24) is 0 Å². The molecule has 6 nitrogen and oxygen atoms in total. The zero-order chi connectivity index (χ0) is 18.7. The Hall–Kier alpha value is -3.12. The number of amides is 1. The Bertz CT molecular complexity index is 952. The molecule has 1 amide bonds. The number of hydrogen-bond donors (Lipinski definition) is 2. The van der Waals surface area contributed by atoms with Crippen molar-refractivity contribution >= 4 is 28.9 Å². The molecule has 7 heteroatoms. The van der Waals surface area contributed by atoms with E-state index in [-0.39, 0.29) is 5.76 Å². The quantitative estimate of drug-likeness (QED) is 0.646. The maximum absolute atomic E-state index is 12.5. The maximum atomic E-state index is 12.5. The number of hydrogen-bond acceptors (Lipinski definition) is 5. The summed E-state index contributed by atoms with van der Waals surface area (Å²) in [6, 6.07) is 13.5. The number of nitrogens with two attached hydrogens (primary N) is 1. The number of benzene rings is 2. The third-order valence-corrected chi connectivity index (χ3v) is 4.03. The standard InChI is InChI=1S/C19H17ClN2O4/c1-24-16-5-3-11(9-13(16)20)15-7-8-18(26-15)19(23)22-14-10-12(21)4-6-17(14)25-2/h3-10H,21H2,1-2H3,(H,22,23). The Labute approximate surface area is 155 Å². The molecule has 2 aromatic carbocycles. The first kappa shape index (κ1) is 17.7. The van der Waals surface area contributed by atoms with Gasteiger partial charge in [-0.25, -0.2) is 0 Å². The van der Waals surface area contributed by atoms with Crippen LogP contribution in [0, 0.1) is 0 Å². The van der Waals surface area contributed by atoms with Crippen LogP contribution in [0.25, 0.3) is 11.3 Å². The van der Waals surface area contributed by atoms with Crippen LogP contribution in [-0.4, -0.2) is 20.1 Å². The van der Waals surface area contributed by atoms with Gasteiger partial charge >= 0.3 is 0 Å². The first-order chi connectivity index (χ1) is 12.5. The molecule has 3 rings (SSSR count). The van der Waals surface area contributed by atoms with E-state index >= 15 is 0 Å². The summed E-state index contributed by atoms with van der Waals surface area (Å²) in [7, 11) is 3.06. The van der Waals surface area contributed by atoms with Gasteiger partial charge in [-0.3, -0.25) is 4.79 Å². The predicted molar refractivity (Wildman–Crippen MR) is 101 cm³/mol. The summed E-state index contributed by atoms with van der Waals surface area (Å²) >= 11 is 6.13. The minimum absolute atomic E-state index is 0.149. The molecule has 0 bridgehead atoms. The van der Waals surface area contributed by atoms with Gasteiger partial charge in [0.1, 0.15) is 17.3 Å². The van der Waals surface area contributed by atoms with E-state index in [2.05, 4.69) is 5.32 Å². The van der Waals surface area contributed by atoms with Gasteiger partial charge in [0, 0.05) is 11.3 Å². The number of nitrogens with one attached hydrogen (secondary N) is 1. The monoisotopic (exact) mass is 372 g/mol. The lowest BCUT2D eigenvalue weighted by molar-refractivity contribution is 0.0997. The first-order valence-corrected chi connectivity index (χ1v) is 8.08. The fourth-order valence-electron chi connectivity index (χ4n) is 2.44. The van der Waals surface area contributed by atoms with Gasteiger partial charge in [0.25, 0.3) is 5.91 Å². The van der Waals surface area contributed by atoms with Crippen LogP contribution >= 0.6 is 11.6 Å². The van der Waals surface area contributed by atoms with Gasteiger partial charge in [-0.15, -0.1) is 0 Å². The highest BCUT2D eigenvalue weighted by Gasteiger charge is 2.15. The van der Waals surface area contributed by atoms with Crippen LogP contribution in [0.1, 0.15) is 10.6 Å². The molecule has 1 heterocycles. The molecule has 26 heavy (non-hydrogen) atoms. The molecule has 0 saturated carbocycles. The van der Waals surface area contributed by atoms with Gasteiger partial charge in [-0.2, -0.15) is 0 Å². The lowest BCUT2D eigenvalue weighted by Gasteiger charge is -2.10. The molecule has 0 aliphatic carbocycles. The number of methoxy groups -OCH3 is 2.